The van der Waals surface area contributed by atoms with E-state index < -0.39 is 0 Å². The zero-order valence-electron chi connectivity index (χ0n) is 13.2. The van der Waals surface area contributed by atoms with Crippen LogP contribution < -0.4 is 5.73 Å². The van der Waals surface area contributed by atoms with Crippen molar-refractivity contribution in [2.75, 3.05) is 13.1 Å². The van der Waals surface area contributed by atoms with Crippen LogP contribution in [0.25, 0.3) is 0 Å². The quantitative estimate of drug-likeness (QED) is 0.896. The van der Waals surface area contributed by atoms with Crippen LogP contribution in [0.2, 0.25) is 0 Å². The summed E-state index contributed by atoms with van der Waals surface area (Å²) in [5, 5.41) is 4.37. The van der Waals surface area contributed by atoms with E-state index in [9.17, 15) is 4.79 Å². The Balaban J connectivity index is 2.18. The van der Waals surface area contributed by atoms with Gasteiger partial charge in [0.15, 0.2) is 5.69 Å². The van der Waals surface area contributed by atoms with Crippen LogP contribution in [0, 0.1) is 5.41 Å². The van der Waals surface area contributed by atoms with Crippen LogP contribution in [0.3, 0.4) is 0 Å². The van der Waals surface area contributed by atoms with E-state index in [1.54, 1.807) is 4.68 Å². The van der Waals surface area contributed by atoms with Crippen LogP contribution in [0.4, 0.5) is 0 Å². The van der Waals surface area contributed by atoms with Gasteiger partial charge in [-0.25, -0.2) is 0 Å². The third kappa shape index (κ3) is 2.73. The van der Waals surface area contributed by atoms with Crippen LogP contribution in [-0.4, -0.2) is 39.7 Å². The van der Waals surface area contributed by atoms with Gasteiger partial charge in [-0.05, 0) is 23.8 Å². The van der Waals surface area contributed by atoms with Crippen molar-refractivity contribution in [3.8, 4) is 0 Å². The Morgan fingerprint density at radius 3 is 2.65 bits per heavy atom. The van der Waals surface area contributed by atoms with Gasteiger partial charge in [-0.3, -0.25) is 9.48 Å². The number of hydrogen-bond acceptors (Lipinski definition) is 3. The highest BCUT2D eigenvalue weighted by Crippen LogP contribution is 2.28. The monoisotopic (exact) mass is 278 g/mol. The van der Waals surface area contributed by atoms with Gasteiger partial charge in [-0.2, -0.15) is 5.10 Å². The van der Waals surface area contributed by atoms with E-state index in [4.69, 9.17) is 5.73 Å². The summed E-state index contributed by atoms with van der Waals surface area (Å²) in [4.78, 5) is 14.5. The summed E-state index contributed by atoms with van der Waals surface area (Å²) in [6, 6.07) is 2.07. The molecule has 1 aliphatic heterocycles. The van der Waals surface area contributed by atoms with Gasteiger partial charge >= 0.3 is 0 Å². The molecule has 112 valence electrons. The molecule has 1 aromatic rings. The first-order valence-electron chi connectivity index (χ1n) is 7.31. The van der Waals surface area contributed by atoms with Crippen molar-refractivity contribution in [1.82, 2.24) is 14.7 Å². The number of nitrogens with zero attached hydrogens (tertiary/aromatic N) is 3. The average molecular weight is 278 g/mol. The predicted octanol–water partition coefficient (Wildman–Crippen LogP) is 1.74. The van der Waals surface area contributed by atoms with Gasteiger partial charge in [-0.1, -0.05) is 27.7 Å². The molecule has 0 aliphatic carbocycles. The lowest BCUT2D eigenvalue weighted by molar-refractivity contribution is 0.0526. The first-order valence-corrected chi connectivity index (χ1v) is 7.31. The maximum absolute atomic E-state index is 12.6. The Morgan fingerprint density at radius 2 is 2.15 bits per heavy atom. The normalized spacial score (nSPS) is 22.4. The van der Waals surface area contributed by atoms with Crippen molar-refractivity contribution >= 4 is 5.91 Å². The number of carbonyl (C=O) groups excluding carboxylic acids is 1. The second kappa shape index (κ2) is 5.20. The smallest absolute Gasteiger partial charge is 0.274 e. The topological polar surface area (TPSA) is 64.2 Å². The number of amides is 1. The molecule has 1 amide bonds. The number of nitrogens with two attached hydrogens (primary N) is 1. The fraction of sp³-hybridized carbons (Fsp3) is 0.733. The van der Waals surface area contributed by atoms with Crippen molar-refractivity contribution in [1.29, 1.82) is 0 Å². The Kier molecular flexibility index (Phi) is 3.91. The number of hydrogen-bond donors (Lipinski definition) is 1. The molecule has 1 aliphatic rings. The lowest BCUT2D eigenvalue weighted by Gasteiger charge is -2.42. The Bertz CT molecular complexity index is 504. The van der Waals surface area contributed by atoms with E-state index in [0.29, 0.717) is 18.2 Å². The second-order valence-corrected chi connectivity index (χ2v) is 6.84. The Labute approximate surface area is 121 Å². The molecule has 2 heterocycles. The zero-order chi connectivity index (χ0) is 15.1. The van der Waals surface area contributed by atoms with E-state index in [-0.39, 0.29) is 17.4 Å². The van der Waals surface area contributed by atoms with E-state index in [1.807, 2.05) is 18.0 Å². The lowest BCUT2D eigenvalue weighted by Crippen LogP contribution is -2.54. The van der Waals surface area contributed by atoms with Crippen LogP contribution >= 0.6 is 0 Å². The van der Waals surface area contributed by atoms with E-state index in [0.717, 1.165) is 18.7 Å². The molecule has 5 heteroatoms. The molecule has 1 atom stereocenters. The Morgan fingerprint density at radius 1 is 1.50 bits per heavy atom. The number of piperidine rings is 1. The van der Waals surface area contributed by atoms with Crippen LogP contribution in [-0.2, 0) is 7.05 Å². The molecule has 5 nitrogen and oxygen atoms in total. The van der Waals surface area contributed by atoms with Crippen LogP contribution in [0.5, 0.6) is 0 Å². The summed E-state index contributed by atoms with van der Waals surface area (Å²) < 4.78 is 1.80. The number of aryl methyl sites for hydroxylation is 1. The van der Waals surface area contributed by atoms with Gasteiger partial charge in [0.1, 0.15) is 0 Å². The molecule has 0 radical (unpaired) electrons. The van der Waals surface area contributed by atoms with Crippen LogP contribution in [0.1, 0.15) is 56.2 Å². The minimum absolute atomic E-state index is 0.0208. The average Bonchev–Trinajstić information content (AvgIpc) is 2.74. The molecule has 0 bridgehead atoms. The molecule has 1 aromatic heterocycles. The molecule has 2 rings (SSSR count). The first-order chi connectivity index (χ1) is 9.22. The molecule has 1 unspecified atom stereocenters. The molecule has 0 saturated carbocycles. The fourth-order valence-electron chi connectivity index (χ4n) is 2.84. The SMILES string of the molecule is CC(C)c1cc(C(=O)N2CCC(N)C(C)(C)C2)nn1C. The standard InChI is InChI=1S/C15H26N4O/c1-10(2)12-8-11(17-18(12)5)14(20)19-7-6-13(16)15(3,4)9-19/h8,10,13H,6-7,9,16H2,1-5H3. The van der Waals surface area contributed by atoms with Gasteiger partial charge in [0.25, 0.3) is 5.91 Å². The van der Waals surface area contributed by atoms with Gasteiger partial charge < -0.3 is 10.6 Å². The highest BCUT2D eigenvalue weighted by molar-refractivity contribution is 5.92. The highest BCUT2D eigenvalue weighted by Gasteiger charge is 2.36. The number of likely N-dealkylation sites (tertiary alicyclic amines) is 1. The van der Waals surface area contributed by atoms with Crippen LogP contribution in [0.15, 0.2) is 6.07 Å². The summed E-state index contributed by atoms with van der Waals surface area (Å²) in [6.07, 6.45) is 0.850. The van der Waals surface area contributed by atoms with E-state index in [1.165, 1.54) is 0 Å². The Hall–Kier alpha value is -1.36. The second-order valence-electron chi connectivity index (χ2n) is 6.84. The molecule has 1 saturated heterocycles. The molecule has 20 heavy (non-hydrogen) atoms. The number of aromatic nitrogens is 2. The summed E-state index contributed by atoms with van der Waals surface area (Å²) in [6.45, 7) is 9.87. The molecule has 0 aromatic carbocycles. The van der Waals surface area contributed by atoms with E-state index in [2.05, 4.69) is 32.8 Å². The molecular formula is C15H26N4O. The van der Waals surface area contributed by atoms with Crippen molar-refractivity contribution in [3.63, 3.8) is 0 Å². The molecule has 2 N–H and O–H groups in total. The summed E-state index contributed by atoms with van der Waals surface area (Å²) in [5.41, 5.74) is 7.71. The molecule has 0 spiro atoms. The third-order valence-corrected chi connectivity index (χ3v) is 4.33. The zero-order valence-corrected chi connectivity index (χ0v) is 13.2. The maximum atomic E-state index is 12.6. The van der Waals surface area contributed by atoms with Crippen molar-refractivity contribution in [2.45, 2.75) is 46.1 Å². The first kappa shape index (κ1) is 15.0. The van der Waals surface area contributed by atoms with Crippen molar-refractivity contribution in [3.05, 3.63) is 17.5 Å². The van der Waals surface area contributed by atoms with E-state index >= 15 is 0 Å². The lowest BCUT2D eigenvalue weighted by atomic mass is 9.79. The number of rotatable bonds is 2. The van der Waals surface area contributed by atoms with Crippen molar-refractivity contribution in [2.24, 2.45) is 18.2 Å². The largest absolute Gasteiger partial charge is 0.337 e. The minimum Gasteiger partial charge on any atom is -0.337 e. The maximum Gasteiger partial charge on any atom is 0.274 e. The number of carbonyl (C=O) groups is 1. The summed E-state index contributed by atoms with van der Waals surface area (Å²) in [7, 11) is 1.89. The highest BCUT2D eigenvalue weighted by atomic mass is 16.2. The minimum atomic E-state index is -0.0381. The molecule has 1 fully saturated rings. The van der Waals surface area contributed by atoms with Gasteiger partial charge in [0.05, 0.1) is 0 Å². The van der Waals surface area contributed by atoms with Gasteiger partial charge in [-0.15, -0.1) is 0 Å². The molecular weight excluding hydrogens is 252 g/mol. The summed E-state index contributed by atoms with van der Waals surface area (Å²) in [5.74, 6) is 0.382. The predicted molar refractivity (Wildman–Crippen MR) is 79.6 cm³/mol. The van der Waals surface area contributed by atoms with Crippen molar-refractivity contribution < 1.29 is 4.79 Å². The fourth-order valence-corrected chi connectivity index (χ4v) is 2.84. The third-order valence-electron chi connectivity index (χ3n) is 4.33. The van der Waals surface area contributed by atoms with Gasteiger partial charge in [0.2, 0.25) is 0 Å². The van der Waals surface area contributed by atoms with Gasteiger partial charge in [0, 0.05) is 31.9 Å². The summed E-state index contributed by atoms with van der Waals surface area (Å²) >= 11 is 0.